The van der Waals surface area contributed by atoms with Gasteiger partial charge in [-0.15, -0.1) is 0 Å². The highest BCUT2D eigenvalue weighted by molar-refractivity contribution is 7.89. The smallest absolute Gasteiger partial charge is 0.339 e. The highest BCUT2D eigenvalue weighted by Crippen LogP contribution is 2.22. The molecule has 0 amide bonds. The molecule has 2 unspecified atom stereocenters. The number of rotatable bonds is 4. The summed E-state index contributed by atoms with van der Waals surface area (Å²) < 4.78 is 32.2. The molecule has 2 atom stereocenters. The number of benzene rings is 1. The molecule has 6 nitrogen and oxygen atoms in total. The second-order valence-electron chi connectivity index (χ2n) is 5.33. The van der Waals surface area contributed by atoms with E-state index in [-0.39, 0.29) is 27.4 Å². The van der Waals surface area contributed by atoms with Crippen molar-refractivity contribution in [3.63, 3.8) is 0 Å². The van der Waals surface area contributed by atoms with Gasteiger partial charge in [-0.3, -0.25) is 0 Å². The van der Waals surface area contributed by atoms with Crippen molar-refractivity contribution in [3.05, 3.63) is 28.8 Å². The van der Waals surface area contributed by atoms with Crippen LogP contribution in [0.25, 0.3) is 0 Å². The predicted molar refractivity (Wildman–Crippen MR) is 83.6 cm³/mol. The molecule has 8 heteroatoms. The number of methoxy groups -OCH3 is 1. The Morgan fingerprint density at radius 1 is 1.45 bits per heavy atom. The fourth-order valence-electron chi connectivity index (χ4n) is 2.39. The summed E-state index contributed by atoms with van der Waals surface area (Å²) in [4.78, 5) is 11.5. The van der Waals surface area contributed by atoms with E-state index in [1.807, 2.05) is 6.92 Å². The first-order valence-electron chi connectivity index (χ1n) is 6.96. The zero-order valence-corrected chi connectivity index (χ0v) is 14.0. The highest BCUT2D eigenvalue weighted by Gasteiger charge is 2.27. The van der Waals surface area contributed by atoms with Crippen LogP contribution in [0, 0.1) is 5.92 Å². The molecule has 0 spiro atoms. The maximum absolute atomic E-state index is 12.4. The molecular formula is C14H19ClN2O4S. The van der Waals surface area contributed by atoms with Crippen LogP contribution in [0.5, 0.6) is 0 Å². The van der Waals surface area contributed by atoms with E-state index >= 15 is 0 Å². The van der Waals surface area contributed by atoms with Gasteiger partial charge in [0.15, 0.2) is 0 Å². The van der Waals surface area contributed by atoms with Gasteiger partial charge in [0, 0.05) is 6.04 Å². The van der Waals surface area contributed by atoms with Gasteiger partial charge in [-0.25, -0.2) is 17.9 Å². The van der Waals surface area contributed by atoms with Crippen molar-refractivity contribution in [2.24, 2.45) is 5.92 Å². The van der Waals surface area contributed by atoms with Gasteiger partial charge < -0.3 is 10.1 Å². The van der Waals surface area contributed by atoms with E-state index in [1.165, 1.54) is 25.3 Å². The summed E-state index contributed by atoms with van der Waals surface area (Å²) in [7, 11) is -2.44. The topological polar surface area (TPSA) is 84.5 Å². The molecule has 1 saturated heterocycles. The van der Waals surface area contributed by atoms with Crippen LogP contribution in [0.2, 0.25) is 5.02 Å². The average Bonchev–Trinajstić information content (AvgIpc) is 2.48. The van der Waals surface area contributed by atoms with Crippen molar-refractivity contribution in [1.29, 1.82) is 0 Å². The highest BCUT2D eigenvalue weighted by atomic mass is 35.5. The lowest BCUT2D eigenvalue weighted by molar-refractivity contribution is 0.0601. The summed E-state index contributed by atoms with van der Waals surface area (Å²) in [5.41, 5.74) is 0.137. The maximum atomic E-state index is 12.4. The van der Waals surface area contributed by atoms with Gasteiger partial charge >= 0.3 is 5.97 Å². The largest absolute Gasteiger partial charge is 0.465 e. The number of halogens is 1. The van der Waals surface area contributed by atoms with E-state index in [0.717, 1.165) is 19.5 Å². The summed E-state index contributed by atoms with van der Waals surface area (Å²) >= 11 is 5.98. The van der Waals surface area contributed by atoms with Gasteiger partial charge in [0.2, 0.25) is 10.0 Å². The SMILES string of the molecule is COC(=O)c1ccc(S(=O)(=O)NC2CCNCC2C)cc1Cl. The normalized spacial score (nSPS) is 22.3. The van der Waals surface area contributed by atoms with E-state index in [9.17, 15) is 13.2 Å². The van der Waals surface area contributed by atoms with Gasteiger partial charge in [0.25, 0.3) is 0 Å². The molecule has 0 aliphatic carbocycles. The Morgan fingerprint density at radius 3 is 2.77 bits per heavy atom. The molecule has 1 heterocycles. The minimum atomic E-state index is -3.68. The zero-order chi connectivity index (χ0) is 16.3. The number of hydrogen-bond acceptors (Lipinski definition) is 5. The first kappa shape index (κ1) is 17.2. The maximum Gasteiger partial charge on any atom is 0.339 e. The van der Waals surface area contributed by atoms with Crippen molar-refractivity contribution in [2.45, 2.75) is 24.3 Å². The number of hydrogen-bond donors (Lipinski definition) is 2. The first-order chi connectivity index (χ1) is 10.3. The molecular weight excluding hydrogens is 328 g/mol. The number of esters is 1. The van der Waals surface area contributed by atoms with E-state index < -0.39 is 16.0 Å². The van der Waals surface area contributed by atoms with Crippen LogP contribution in [0.3, 0.4) is 0 Å². The third-order valence-electron chi connectivity index (χ3n) is 3.75. The van der Waals surface area contributed by atoms with Crippen LogP contribution in [-0.2, 0) is 14.8 Å². The van der Waals surface area contributed by atoms with Crippen molar-refractivity contribution in [3.8, 4) is 0 Å². The number of piperidine rings is 1. The van der Waals surface area contributed by atoms with Crippen LogP contribution >= 0.6 is 11.6 Å². The molecule has 1 aromatic rings. The molecule has 1 fully saturated rings. The standard InChI is InChI=1S/C14H19ClN2O4S/c1-9-8-16-6-5-13(9)17-22(19,20)10-3-4-11(12(15)7-10)14(18)21-2/h3-4,7,9,13,16-17H,5-6,8H2,1-2H3. The number of ether oxygens (including phenoxy) is 1. The summed E-state index contributed by atoms with van der Waals surface area (Å²) in [6.07, 6.45) is 0.731. The van der Waals surface area contributed by atoms with E-state index in [2.05, 4.69) is 14.8 Å². The molecule has 22 heavy (non-hydrogen) atoms. The fraction of sp³-hybridized carbons (Fsp3) is 0.500. The molecule has 2 rings (SSSR count). The molecule has 2 N–H and O–H groups in total. The van der Waals surface area contributed by atoms with Crippen LogP contribution in [-0.4, -0.2) is 40.6 Å². The van der Waals surface area contributed by atoms with Crippen molar-refractivity contribution >= 4 is 27.6 Å². The molecule has 0 saturated carbocycles. The molecule has 1 aliphatic heterocycles. The lowest BCUT2D eigenvalue weighted by atomic mass is 9.97. The van der Waals surface area contributed by atoms with Crippen LogP contribution in [0.1, 0.15) is 23.7 Å². The Kier molecular flexibility index (Phi) is 5.44. The van der Waals surface area contributed by atoms with Crippen LogP contribution in [0.15, 0.2) is 23.1 Å². The van der Waals surface area contributed by atoms with Crippen LogP contribution in [0.4, 0.5) is 0 Å². The zero-order valence-electron chi connectivity index (χ0n) is 12.4. The third kappa shape index (κ3) is 3.78. The molecule has 1 aromatic carbocycles. The van der Waals surface area contributed by atoms with Crippen molar-refractivity contribution in [2.75, 3.05) is 20.2 Å². The Hall–Kier alpha value is -1.15. The average molecular weight is 347 g/mol. The minimum Gasteiger partial charge on any atom is -0.465 e. The Labute approximate surface area is 135 Å². The summed E-state index contributed by atoms with van der Waals surface area (Å²) in [6, 6.07) is 3.85. The third-order valence-corrected chi connectivity index (χ3v) is 5.55. The van der Waals surface area contributed by atoms with Gasteiger partial charge in [-0.2, -0.15) is 0 Å². The number of nitrogens with one attached hydrogen (secondary N) is 2. The van der Waals surface area contributed by atoms with Crippen molar-refractivity contribution < 1.29 is 17.9 Å². The molecule has 0 radical (unpaired) electrons. The first-order valence-corrected chi connectivity index (χ1v) is 8.82. The fourth-order valence-corrected chi connectivity index (χ4v) is 4.12. The Bertz CT molecular complexity index is 663. The van der Waals surface area contributed by atoms with E-state index in [4.69, 9.17) is 11.6 Å². The van der Waals surface area contributed by atoms with E-state index in [1.54, 1.807) is 0 Å². The van der Waals surface area contributed by atoms with Crippen molar-refractivity contribution in [1.82, 2.24) is 10.0 Å². The quantitative estimate of drug-likeness (QED) is 0.805. The van der Waals surface area contributed by atoms with Gasteiger partial charge in [-0.1, -0.05) is 18.5 Å². The summed E-state index contributed by atoms with van der Waals surface area (Å²) in [6.45, 7) is 3.54. The number of carbonyl (C=O) groups is 1. The minimum absolute atomic E-state index is 0.0379. The lowest BCUT2D eigenvalue weighted by Gasteiger charge is -2.30. The van der Waals surface area contributed by atoms with E-state index in [0.29, 0.717) is 0 Å². The van der Waals surface area contributed by atoms with Gasteiger partial charge in [-0.05, 0) is 43.6 Å². The summed E-state index contributed by atoms with van der Waals surface area (Å²) in [5.74, 6) is -0.401. The van der Waals surface area contributed by atoms with Gasteiger partial charge in [0.05, 0.1) is 22.6 Å². The summed E-state index contributed by atoms with van der Waals surface area (Å²) in [5, 5.41) is 3.27. The van der Waals surface area contributed by atoms with Crippen LogP contribution < -0.4 is 10.0 Å². The molecule has 0 aromatic heterocycles. The van der Waals surface area contributed by atoms with Gasteiger partial charge in [0.1, 0.15) is 0 Å². The Balaban J connectivity index is 2.22. The predicted octanol–water partition coefficient (Wildman–Crippen LogP) is 1.40. The Morgan fingerprint density at radius 2 is 2.18 bits per heavy atom. The lowest BCUT2D eigenvalue weighted by Crippen LogP contribution is -2.48. The molecule has 0 bridgehead atoms. The monoisotopic (exact) mass is 346 g/mol. The molecule has 1 aliphatic rings. The number of carbonyl (C=O) groups excluding carboxylic acids is 1. The second kappa shape index (κ2) is 6.95. The molecule has 122 valence electrons. The number of sulfonamides is 1. The second-order valence-corrected chi connectivity index (χ2v) is 7.45.